The Bertz CT molecular complexity index is 3250. The quantitative estimate of drug-likeness (QED) is 0.172. The summed E-state index contributed by atoms with van der Waals surface area (Å²) in [6.45, 7) is 0. The second-order valence-corrected chi connectivity index (χ2v) is 16.4. The minimum Gasteiger partial charge on any atom is -0.344 e. The molecule has 1 N–H and O–H groups in total. The van der Waals surface area contributed by atoms with Crippen molar-refractivity contribution in [3.8, 4) is 16.8 Å². The Labute approximate surface area is 361 Å². The van der Waals surface area contributed by atoms with Crippen LogP contribution in [-0.4, -0.2) is 16.2 Å². The fourth-order valence-electron chi connectivity index (χ4n) is 10.4. The molecule has 62 heavy (non-hydrogen) atoms. The zero-order valence-electron chi connectivity index (χ0n) is 34.1. The van der Waals surface area contributed by atoms with Crippen LogP contribution in [0.5, 0.6) is 0 Å². The van der Waals surface area contributed by atoms with Gasteiger partial charge in [0.15, 0.2) is 5.84 Å². The van der Waals surface area contributed by atoms with Crippen LogP contribution in [0, 0.1) is 0 Å². The van der Waals surface area contributed by atoms with Crippen molar-refractivity contribution >= 4 is 39.1 Å². The lowest BCUT2D eigenvalue weighted by Gasteiger charge is -2.36. The molecule has 8 aromatic carbocycles. The van der Waals surface area contributed by atoms with Gasteiger partial charge in [-0.2, -0.15) is 0 Å². The third-order valence-electron chi connectivity index (χ3n) is 13.0. The molecule has 0 saturated heterocycles. The van der Waals surface area contributed by atoms with Crippen LogP contribution in [0.4, 0.5) is 0 Å². The van der Waals surface area contributed by atoms with Crippen molar-refractivity contribution in [2.24, 2.45) is 9.98 Å². The van der Waals surface area contributed by atoms with Crippen molar-refractivity contribution in [1.29, 1.82) is 0 Å². The second kappa shape index (κ2) is 14.7. The van der Waals surface area contributed by atoms with Gasteiger partial charge in [-0.25, -0.2) is 9.98 Å². The van der Waals surface area contributed by atoms with Gasteiger partial charge in [0.05, 0.1) is 16.4 Å². The largest absolute Gasteiger partial charge is 0.344 e. The molecular formula is C58H42N4. The summed E-state index contributed by atoms with van der Waals surface area (Å²) in [5.41, 5.74) is 16.6. The molecule has 294 valence electrons. The van der Waals surface area contributed by atoms with Crippen LogP contribution >= 0.6 is 0 Å². The molecule has 4 nitrogen and oxygen atoms in total. The highest BCUT2D eigenvalue weighted by Gasteiger charge is 2.48. The molecule has 1 aliphatic heterocycles. The molecule has 0 radical (unpaired) electrons. The molecule has 0 saturated carbocycles. The molecular weight excluding hydrogens is 753 g/mol. The number of amidine groups is 2. The number of fused-ring (bicyclic) bond motifs is 6. The summed E-state index contributed by atoms with van der Waals surface area (Å²) in [5, 5.41) is 6.13. The van der Waals surface area contributed by atoms with Crippen molar-refractivity contribution in [3.63, 3.8) is 0 Å². The van der Waals surface area contributed by atoms with E-state index in [9.17, 15) is 0 Å². The summed E-state index contributed by atoms with van der Waals surface area (Å²) in [6.07, 6.45) is 6.52. The third-order valence-corrected chi connectivity index (χ3v) is 13.0. The van der Waals surface area contributed by atoms with Crippen molar-refractivity contribution < 1.29 is 0 Å². The fraction of sp³-hybridized carbons (Fsp3) is 0.0690. The van der Waals surface area contributed by atoms with Gasteiger partial charge in [0.25, 0.3) is 0 Å². The number of benzene rings is 8. The molecule has 3 aliphatic rings. The van der Waals surface area contributed by atoms with E-state index in [4.69, 9.17) is 9.98 Å². The highest BCUT2D eigenvalue weighted by atomic mass is 15.2. The molecule has 0 spiro atoms. The van der Waals surface area contributed by atoms with E-state index < -0.39 is 5.41 Å². The first-order valence-corrected chi connectivity index (χ1v) is 21.6. The van der Waals surface area contributed by atoms with E-state index >= 15 is 0 Å². The summed E-state index contributed by atoms with van der Waals surface area (Å²) in [5.74, 6) is 1.50. The van der Waals surface area contributed by atoms with E-state index in [1.807, 2.05) is 12.1 Å². The SMILES string of the molecule is C1=CC2=C(CC1)C(c1ccccc1)(c1ccccc1)c1ccc3c(c12)c1cc(-c2ccccc2)ccc1n3-c1cccc(C2=NC(c3ccccc3)NC(c3ccccc3)=N2)c1. The number of nitrogens with one attached hydrogen (secondary N) is 1. The Morgan fingerprint density at radius 3 is 1.89 bits per heavy atom. The van der Waals surface area contributed by atoms with Crippen LogP contribution in [0.25, 0.3) is 44.2 Å². The summed E-state index contributed by atoms with van der Waals surface area (Å²) in [6, 6.07) is 74.5. The van der Waals surface area contributed by atoms with E-state index in [1.165, 1.54) is 60.8 Å². The van der Waals surface area contributed by atoms with E-state index in [0.29, 0.717) is 5.84 Å². The second-order valence-electron chi connectivity index (χ2n) is 16.4. The minimum atomic E-state index is -0.422. The van der Waals surface area contributed by atoms with Gasteiger partial charge in [-0.15, -0.1) is 0 Å². The molecule has 4 heteroatoms. The highest BCUT2D eigenvalue weighted by Crippen LogP contribution is 2.59. The first-order chi connectivity index (χ1) is 30.8. The molecule has 0 fully saturated rings. The molecule has 1 atom stereocenters. The number of aromatic nitrogens is 1. The van der Waals surface area contributed by atoms with Crippen molar-refractivity contribution in [2.75, 3.05) is 0 Å². The van der Waals surface area contributed by atoms with Gasteiger partial charge in [-0.05, 0) is 93.3 Å². The zero-order valence-corrected chi connectivity index (χ0v) is 34.1. The maximum Gasteiger partial charge on any atom is 0.159 e. The van der Waals surface area contributed by atoms with Gasteiger partial charge >= 0.3 is 0 Å². The summed E-state index contributed by atoms with van der Waals surface area (Å²) in [4.78, 5) is 10.4. The highest BCUT2D eigenvalue weighted by molar-refractivity contribution is 6.18. The molecule has 2 heterocycles. The maximum atomic E-state index is 5.25. The summed E-state index contributed by atoms with van der Waals surface area (Å²) in [7, 11) is 0. The fourth-order valence-corrected chi connectivity index (χ4v) is 10.4. The smallest absolute Gasteiger partial charge is 0.159 e. The normalized spacial score (nSPS) is 16.4. The Morgan fingerprint density at radius 1 is 0.548 bits per heavy atom. The van der Waals surface area contributed by atoms with Crippen molar-refractivity contribution in [1.82, 2.24) is 9.88 Å². The zero-order chi connectivity index (χ0) is 41.0. The summed E-state index contributed by atoms with van der Waals surface area (Å²) >= 11 is 0. The van der Waals surface area contributed by atoms with Crippen molar-refractivity contribution in [2.45, 2.75) is 24.4 Å². The average molecular weight is 795 g/mol. The topological polar surface area (TPSA) is 41.7 Å². The first-order valence-electron chi connectivity index (χ1n) is 21.6. The van der Waals surface area contributed by atoms with Gasteiger partial charge in [0.1, 0.15) is 12.0 Å². The first kappa shape index (κ1) is 36.1. The van der Waals surface area contributed by atoms with Gasteiger partial charge in [-0.1, -0.05) is 188 Å². The minimum absolute atomic E-state index is 0.282. The number of allylic oxidation sites excluding steroid dienone is 4. The van der Waals surface area contributed by atoms with Crippen molar-refractivity contribution in [3.05, 3.63) is 263 Å². The van der Waals surface area contributed by atoms with Crippen LogP contribution in [0.3, 0.4) is 0 Å². The van der Waals surface area contributed by atoms with Crippen LogP contribution in [0.1, 0.15) is 58.0 Å². The lowest BCUT2D eigenvalue weighted by molar-refractivity contribution is 0.674. The molecule has 9 aromatic rings. The Morgan fingerprint density at radius 2 is 1.18 bits per heavy atom. The van der Waals surface area contributed by atoms with E-state index in [0.717, 1.165) is 46.6 Å². The number of hydrogen-bond donors (Lipinski definition) is 1. The van der Waals surface area contributed by atoms with Gasteiger partial charge in [0.2, 0.25) is 0 Å². The van der Waals surface area contributed by atoms with E-state index in [1.54, 1.807) is 0 Å². The molecule has 0 bridgehead atoms. The van der Waals surface area contributed by atoms with Gasteiger partial charge in [-0.3, -0.25) is 0 Å². The molecule has 1 unspecified atom stereocenters. The number of aliphatic imine (C=N–C) groups is 2. The maximum absolute atomic E-state index is 5.25. The average Bonchev–Trinajstić information content (AvgIpc) is 3.86. The predicted molar refractivity (Wildman–Crippen MR) is 256 cm³/mol. The van der Waals surface area contributed by atoms with Crippen LogP contribution in [0.15, 0.2) is 234 Å². The lowest BCUT2D eigenvalue weighted by Crippen LogP contribution is -2.33. The van der Waals surface area contributed by atoms with Gasteiger partial charge in [0, 0.05) is 27.6 Å². The van der Waals surface area contributed by atoms with Crippen LogP contribution in [-0.2, 0) is 5.41 Å². The molecule has 0 amide bonds. The monoisotopic (exact) mass is 794 g/mol. The Kier molecular flexibility index (Phi) is 8.56. The van der Waals surface area contributed by atoms with Crippen LogP contribution < -0.4 is 5.32 Å². The Balaban J connectivity index is 1.12. The molecule has 12 rings (SSSR count). The van der Waals surface area contributed by atoms with Crippen LogP contribution in [0.2, 0.25) is 0 Å². The number of rotatable bonds is 7. The van der Waals surface area contributed by atoms with Gasteiger partial charge < -0.3 is 9.88 Å². The third kappa shape index (κ3) is 5.68. The predicted octanol–water partition coefficient (Wildman–Crippen LogP) is 13.4. The van der Waals surface area contributed by atoms with E-state index in [-0.39, 0.29) is 6.17 Å². The van der Waals surface area contributed by atoms with E-state index in [2.05, 4.69) is 216 Å². The molecule has 2 aliphatic carbocycles. The number of nitrogens with zero attached hydrogens (tertiary/aromatic N) is 3. The number of hydrogen-bond acceptors (Lipinski definition) is 3. The Hall–Kier alpha value is -7.82. The summed E-state index contributed by atoms with van der Waals surface area (Å²) < 4.78 is 2.46. The lowest BCUT2D eigenvalue weighted by atomic mass is 9.65. The standard InChI is InChI=1S/C58H42N4/c1-6-19-39(20-7-1)42-33-35-51-48(38-42)54-52(36-34-50-53(54)47-31-16-17-32-49(47)58(50,44-26-12-4-13-27-44)45-28-14-5-15-29-45)62(51)46-30-18-25-43(37-46)57-60-55(40-21-8-2-9-22-40)59-56(61-57)41-23-10-3-11-24-41/h1-16,18-31,33-38,55H,17,32H2,(H,59,60,61). The molecule has 1 aromatic heterocycles.